The molecule has 6 heteroatoms. The molecule has 0 saturated carbocycles. The molecular formula is C17H15ClN2O3. The molecule has 1 unspecified atom stereocenters. The lowest BCUT2D eigenvalue weighted by molar-refractivity contribution is 0.0595. The third kappa shape index (κ3) is 2.53. The van der Waals surface area contributed by atoms with Crippen molar-refractivity contribution in [3.8, 4) is 0 Å². The molecule has 0 spiro atoms. The number of fused-ring (bicyclic) bond motifs is 1. The van der Waals surface area contributed by atoms with E-state index in [2.05, 4.69) is 10.6 Å². The maximum absolute atomic E-state index is 12.5. The molecule has 118 valence electrons. The molecule has 1 aliphatic rings. The van der Waals surface area contributed by atoms with Gasteiger partial charge >= 0.3 is 5.97 Å². The monoisotopic (exact) mass is 330 g/mol. The molecule has 1 heterocycles. The van der Waals surface area contributed by atoms with Crippen LogP contribution in [0.4, 0.5) is 5.69 Å². The number of anilines is 1. The number of amides is 1. The molecule has 0 aromatic heterocycles. The number of benzene rings is 2. The van der Waals surface area contributed by atoms with E-state index in [4.69, 9.17) is 16.3 Å². The van der Waals surface area contributed by atoms with E-state index in [1.165, 1.54) is 7.11 Å². The highest BCUT2D eigenvalue weighted by Gasteiger charge is 2.40. The molecule has 5 nitrogen and oxygen atoms in total. The standard InChI is InChI=1S/C17H15ClN2O3/c1-23-16(22)11-6-2-4-8-13(11)17(10-18)19-14-9-5-3-7-12(14)15(21)20-17/h2-9,19H,10H2,1H3,(H,20,21). The van der Waals surface area contributed by atoms with E-state index in [1.807, 2.05) is 6.07 Å². The first-order valence-electron chi connectivity index (χ1n) is 7.05. The summed E-state index contributed by atoms with van der Waals surface area (Å²) in [5.41, 5.74) is 1.02. The number of hydrogen-bond donors (Lipinski definition) is 2. The van der Waals surface area contributed by atoms with Crippen LogP contribution in [-0.2, 0) is 10.4 Å². The molecule has 1 atom stereocenters. The van der Waals surface area contributed by atoms with Crippen LogP contribution in [0.1, 0.15) is 26.3 Å². The highest BCUT2D eigenvalue weighted by molar-refractivity contribution is 6.19. The minimum absolute atomic E-state index is 0.0427. The van der Waals surface area contributed by atoms with Gasteiger partial charge in [-0.05, 0) is 18.2 Å². The molecule has 2 aromatic rings. The van der Waals surface area contributed by atoms with E-state index < -0.39 is 11.6 Å². The fourth-order valence-corrected chi connectivity index (χ4v) is 3.01. The Morgan fingerprint density at radius 3 is 2.57 bits per heavy atom. The van der Waals surface area contributed by atoms with E-state index in [9.17, 15) is 9.59 Å². The molecule has 1 amide bonds. The average molecular weight is 331 g/mol. The molecule has 2 aromatic carbocycles. The molecule has 0 fully saturated rings. The largest absolute Gasteiger partial charge is 0.465 e. The van der Waals surface area contributed by atoms with Gasteiger partial charge in [-0.25, -0.2) is 4.79 Å². The molecule has 0 bridgehead atoms. The van der Waals surface area contributed by atoms with Gasteiger partial charge in [0.2, 0.25) is 0 Å². The van der Waals surface area contributed by atoms with E-state index in [1.54, 1.807) is 42.5 Å². The molecule has 0 radical (unpaired) electrons. The number of rotatable bonds is 3. The molecule has 1 aliphatic heterocycles. The second kappa shape index (κ2) is 5.93. The second-order valence-corrected chi connectivity index (χ2v) is 5.47. The summed E-state index contributed by atoms with van der Waals surface area (Å²) in [6.07, 6.45) is 0. The fraction of sp³-hybridized carbons (Fsp3) is 0.176. The first-order chi connectivity index (χ1) is 11.1. The van der Waals surface area contributed by atoms with Crippen molar-refractivity contribution in [2.45, 2.75) is 5.66 Å². The summed E-state index contributed by atoms with van der Waals surface area (Å²) in [7, 11) is 1.31. The van der Waals surface area contributed by atoms with Crippen LogP contribution in [0.2, 0.25) is 0 Å². The number of nitrogens with one attached hydrogen (secondary N) is 2. The molecule has 0 saturated heterocycles. The Balaban J connectivity index is 2.14. The average Bonchev–Trinajstić information content (AvgIpc) is 2.61. The molecule has 2 N–H and O–H groups in total. The van der Waals surface area contributed by atoms with Gasteiger partial charge < -0.3 is 15.4 Å². The Bertz CT molecular complexity index is 778. The summed E-state index contributed by atoms with van der Waals surface area (Å²) in [4.78, 5) is 24.5. The topological polar surface area (TPSA) is 67.4 Å². The predicted octanol–water partition coefficient (Wildman–Crippen LogP) is 2.72. The maximum Gasteiger partial charge on any atom is 0.338 e. The zero-order chi connectivity index (χ0) is 16.4. The maximum atomic E-state index is 12.5. The summed E-state index contributed by atoms with van der Waals surface area (Å²) in [5.74, 6) is -0.694. The van der Waals surface area contributed by atoms with Crippen molar-refractivity contribution in [1.82, 2.24) is 5.32 Å². The highest BCUT2D eigenvalue weighted by Crippen LogP contribution is 2.34. The SMILES string of the molecule is COC(=O)c1ccccc1C1(CCl)NC(=O)c2ccccc2N1. The van der Waals surface area contributed by atoms with Crippen molar-refractivity contribution >= 4 is 29.2 Å². The zero-order valence-electron chi connectivity index (χ0n) is 12.4. The van der Waals surface area contributed by atoms with E-state index >= 15 is 0 Å². The zero-order valence-corrected chi connectivity index (χ0v) is 13.2. The number of ether oxygens (including phenoxy) is 1. The number of methoxy groups -OCH3 is 1. The number of para-hydroxylation sites is 1. The smallest absolute Gasteiger partial charge is 0.338 e. The fourth-order valence-electron chi connectivity index (χ4n) is 2.73. The van der Waals surface area contributed by atoms with Gasteiger partial charge in [-0.2, -0.15) is 0 Å². The minimum atomic E-state index is -1.09. The van der Waals surface area contributed by atoms with Crippen LogP contribution in [0.25, 0.3) is 0 Å². The van der Waals surface area contributed by atoms with Crippen molar-refractivity contribution in [1.29, 1.82) is 0 Å². The van der Waals surface area contributed by atoms with Crippen molar-refractivity contribution in [3.05, 3.63) is 65.2 Å². The van der Waals surface area contributed by atoms with E-state index in [0.29, 0.717) is 22.4 Å². The molecular weight excluding hydrogens is 316 g/mol. The Hall–Kier alpha value is -2.53. The Morgan fingerprint density at radius 1 is 1.13 bits per heavy atom. The number of alkyl halides is 1. The number of carbonyl (C=O) groups is 2. The Morgan fingerprint density at radius 2 is 1.83 bits per heavy atom. The summed E-state index contributed by atoms with van der Waals surface area (Å²) in [6.45, 7) is 0. The third-order valence-corrected chi connectivity index (χ3v) is 4.24. The van der Waals surface area contributed by atoms with E-state index in [0.717, 1.165) is 0 Å². The van der Waals surface area contributed by atoms with Crippen LogP contribution in [0.3, 0.4) is 0 Å². The van der Waals surface area contributed by atoms with Gasteiger partial charge in [0.1, 0.15) is 0 Å². The Kier molecular flexibility index (Phi) is 3.96. The molecule has 3 rings (SSSR count). The van der Waals surface area contributed by atoms with Gasteiger partial charge in [0.05, 0.1) is 24.1 Å². The lowest BCUT2D eigenvalue weighted by Crippen LogP contribution is -2.57. The second-order valence-electron chi connectivity index (χ2n) is 5.20. The minimum Gasteiger partial charge on any atom is -0.465 e. The van der Waals surface area contributed by atoms with Gasteiger partial charge in [0, 0.05) is 11.3 Å². The summed E-state index contributed by atoms with van der Waals surface area (Å²) in [6, 6.07) is 14.0. The van der Waals surface area contributed by atoms with Gasteiger partial charge in [-0.1, -0.05) is 30.3 Å². The van der Waals surface area contributed by atoms with E-state index in [-0.39, 0.29) is 11.8 Å². The lowest BCUT2D eigenvalue weighted by Gasteiger charge is -2.40. The summed E-state index contributed by atoms with van der Waals surface area (Å²) < 4.78 is 4.83. The number of halogens is 1. The summed E-state index contributed by atoms with van der Waals surface area (Å²) in [5, 5.41) is 6.14. The van der Waals surface area contributed by atoms with Gasteiger partial charge in [-0.3, -0.25) is 4.79 Å². The van der Waals surface area contributed by atoms with Crippen LogP contribution in [-0.4, -0.2) is 24.9 Å². The first-order valence-corrected chi connectivity index (χ1v) is 7.58. The molecule has 23 heavy (non-hydrogen) atoms. The van der Waals surface area contributed by atoms with Crippen LogP contribution >= 0.6 is 11.6 Å². The van der Waals surface area contributed by atoms with Crippen molar-refractivity contribution in [2.75, 3.05) is 18.3 Å². The van der Waals surface area contributed by atoms with Gasteiger partial charge in [-0.15, -0.1) is 11.6 Å². The summed E-state index contributed by atoms with van der Waals surface area (Å²) >= 11 is 6.19. The predicted molar refractivity (Wildman–Crippen MR) is 87.7 cm³/mol. The number of hydrogen-bond acceptors (Lipinski definition) is 4. The normalized spacial score (nSPS) is 19.3. The van der Waals surface area contributed by atoms with Crippen molar-refractivity contribution < 1.29 is 14.3 Å². The van der Waals surface area contributed by atoms with Crippen molar-refractivity contribution in [2.24, 2.45) is 0 Å². The quantitative estimate of drug-likeness (QED) is 0.671. The number of esters is 1. The third-order valence-electron chi connectivity index (χ3n) is 3.84. The number of carbonyl (C=O) groups excluding carboxylic acids is 2. The van der Waals surface area contributed by atoms with Crippen molar-refractivity contribution in [3.63, 3.8) is 0 Å². The first kappa shape index (κ1) is 15.4. The highest BCUT2D eigenvalue weighted by atomic mass is 35.5. The van der Waals surface area contributed by atoms with Gasteiger partial charge in [0.25, 0.3) is 5.91 Å². The van der Waals surface area contributed by atoms with Crippen LogP contribution in [0.5, 0.6) is 0 Å². The lowest BCUT2D eigenvalue weighted by atomic mass is 9.92. The van der Waals surface area contributed by atoms with Crippen LogP contribution < -0.4 is 10.6 Å². The molecule has 0 aliphatic carbocycles. The Labute approximate surface area is 138 Å². The van der Waals surface area contributed by atoms with Crippen LogP contribution in [0, 0.1) is 0 Å². The van der Waals surface area contributed by atoms with Crippen LogP contribution in [0.15, 0.2) is 48.5 Å². The van der Waals surface area contributed by atoms with Gasteiger partial charge in [0.15, 0.2) is 5.66 Å².